The van der Waals surface area contributed by atoms with Gasteiger partial charge >= 0.3 is 0 Å². The standard InChI is InChI=1S/C14H15N3OS/c1-3-10-14(19-17-16-10)12(15)11-7-9-6-4-5-8(2)13(9)18-11/h4-7,12H,3,15H2,1-2H3. The first-order valence-electron chi connectivity index (χ1n) is 6.26. The van der Waals surface area contributed by atoms with Crippen molar-refractivity contribution in [3.8, 4) is 0 Å². The summed E-state index contributed by atoms with van der Waals surface area (Å²) in [4.78, 5) is 0.985. The van der Waals surface area contributed by atoms with Crippen molar-refractivity contribution in [1.82, 2.24) is 9.59 Å². The van der Waals surface area contributed by atoms with Crippen molar-refractivity contribution in [2.75, 3.05) is 0 Å². The molecular formula is C14H15N3OS. The Labute approximate surface area is 115 Å². The SMILES string of the molecule is CCc1nnsc1C(N)c1cc2cccc(C)c2o1. The average Bonchev–Trinajstić information content (AvgIpc) is 3.04. The normalized spacial score (nSPS) is 13.0. The number of rotatable bonds is 3. The van der Waals surface area contributed by atoms with Gasteiger partial charge in [-0.3, -0.25) is 0 Å². The molecule has 1 unspecified atom stereocenters. The molecule has 1 aromatic carbocycles. The number of benzene rings is 1. The molecule has 19 heavy (non-hydrogen) atoms. The van der Waals surface area contributed by atoms with Crippen LogP contribution in [0.1, 0.15) is 34.9 Å². The minimum Gasteiger partial charge on any atom is -0.459 e. The summed E-state index contributed by atoms with van der Waals surface area (Å²) >= 11 is 1.35. The van der Waals surface area contributed by atoms with Crippen LogP contribution in [0.5, 0.6) is 0 Å². The van der Waals surface area contributed by atoms with Gasteiger partial charge in [0.2, 0.25) is 0 Å². The van der Waals surface area contributed by atoms with Crippen LogP contribution in [0.3, 0.4) is 0 Å². The van der Waals surface area contributed by atoms with Crippen LogP contribution in [0.15, 0.2) is 28.7 Å². The Morgan fingerprint density at radius 2 is 2.26 bits per heavy atom. The Bertz CT molecular complexity index is 716. The van der Waals surface area contributed by atoms with Crippen LogP contribution in [-0.4, -0.2) is 9.59 Å². The molecule has 0 saturated heterocycles. The second-order valence-electron chi connectivity index (χ2n) is 4.56. The van der Waals surface area contributed by atoms with Crippen LogP contribution in [0, 0.1) is 6.92 Å². The van der Waals surface area contributed by atoms with Gasteiger partial charge in [0.05, 0.1) is 10.6 Å². The maximum atomic E-state index is 6.29. The summed E-state index contributed by atoms with van der Waals surface area (Å²) in [7, 11) is 0. The quantitative estimate of drug-likeness (QED) is 0.796. The number of nitrogens with zero attached hydrogens (tertiary/aromatic N) is 2. The molecule has 2 aromatic heterocycles. The number of aromatic nitrogens is 2. The van der Waals surface area contributed by atoms with E-state index in [1.807, 2.05) is 31.2 Å². The first-order valence-corrected chi connectivity index (χ1v) is 7.03. The van der Waals surface area contributed by atoms with Crippen molar-refractivity contribution < 1.29 is 4.42 Å². The van der Waals surface area contributed by atoms with Gasteiger partial charge in [0.1, 0.15) is 17.4 Å². The number of furan rings is 1. The molecule has 3 rings (SSSR count). The van der Waals surface area contributed by atoms with Gasteiger partial charge in [0.25, 0.3) is 0 Å². The maximum absolute atomic E-state index is 6.29. The van der Waals surface area contributed by atoms with Crippen LogP contribution in [-0.2, 0) is 6.42 Å². The second-order valence-corrected chi connectivity index (χ2v) is 5.34. The molecule has 2 heterocycles. The van der Waals surface area contributed by atoms with Crippen LogP contribution >= 0.6 is 11.5 Å². The van der Waals surface area contributed by atoms with Crippen LogP contribution in [0.25, 0.3) is 11.0 Å². The lowest BCUT2D eigenvalue weighted by atomic mass is 10.1. The molecule has 0 bridgehead atoms. The zero-order chi connectivity index (χ0) is 13.4. The van der Waals surface area contributed by atoms with Crippen LogP contribution in [0.4, 0.5) is 0 Å². The van der Waals surface area contributed by atoms with Gasteiger partial charge in [0.15, 0.2) is 0 Å². The Morgan fingerprint density at radius 3 is 3.00 bits per heavy atom. The second kappa shape index (κ2) is 4.75. The van der Waals surface area contributed by atoms with Crippen molar-refractivity contribution in [2.45, 2.75) is 26.3 Å². The molecule has 4 nitrogen and oxygen atoms in total. The predicted octanol–water partition coefficient (Wildman–Crippen LogP) is 3.20. The minimum atomic E-state index is -0.290. The number of nitrogens with two attached hydrogens (primary N) is 1. The van der Waals surface area contributed by atoms with Crippen LogP contribution in [0.2, 0.25) is 0 Å². The number of aryl methyl sites for hydroxylation is 2. The molecule has 1 atom stereocenters. The van der Waals surface area contributed by atoms with Crippen molar-refractivity contribution in [3.05, 3.63) is 46.2 Å². The van der Waals surface area contributed by atoms with E-state index in [-0.39, 0.29) is 6.04 Å². The van der Waals surface area contributed by atoms with Gasteiger partial charge in [-0.15, -0.1) is 5.10 Å². The van der Waals surface area contributed by atoms with E-state index >= 15 is 0 Å². The number of para-hydroxylation sites is 1. The first kappa shape index (κ1) is 12.3. The summed E-state index contributed by atoms with van der Waals surface area (Å²) in [5.41, 5.74) is 9.27. The van der Waals surface area contributed by atoms with Gasteiger partial charge in [0, 0.05) is 5.39 Å². The highest BCUT2D eigenvalue weighted by molar-refractivity contribution is 7.05. The summed E-state index contributed by atoms with van der Waals surface area (Å²) in [5.74, 6) is 0.769. The molecule has 0 radical (unpaired) electrons. The molecule has 5 heteroatoms. The molecule has 0 aliphatic carbocycles. The summed E-state index contributed by atoms with van der Waals surface area (Å²) in [6, 6.07) is 7.81. The van der Waals surface area contributed by atoms with Crippen molar-refractivity contribution in [2.24, 2.45) is 5.73 Å². The van der Waals surface area contributed by atoms with Gasteiger partial charge in [-0.2, -0.15) is 0 Å². The molecule has 0 spiro atoms. The maximum Gasteiger partial charge on any atom is 0.137 e. The highest BCUT2D eigenvalue weighted by Gasteiger charge is 2.20. The average molecular weight is 273 g/mol. The van der Waals surface area contributed by atoms with Crippen molar-refractivity contribution >= 4 is 22.5 Å². The highest BCUT2D eigenvalue weighted by Crippen LogP contribution is 2.30. The molecule has 0 aliphatic heterocycles. The zero-order valence-corrected chi connectivity index (χ0v) is 11.7. The predicted molar refractivity (Wildman–Crippen MR) is 76.3 cm³/mol. The fourth-order valence-corrected chi connectivity index (χ4v) is 2.96. The Balaban J connectivity index is 2.07. The zero-order valence-electron chi connectivity index (χ0n) is 10.9. The van der Waals surface area contributed by atoms with Crippen molar-refractivity contribution in [1.29, 1.82) is 0 Å². The van der Waals surface area contributed by atoms with E-state index in [1.165, 1.54) is 11.5 Å². The van der Waals surface area contributed by atoms with E-state index < -0.39 is 0 Å². The molecule has 3 aromatic rings. The van der Waals surface area contributed by atoms with Crippen molar-refractivity contribution in [3.63, 3.8) is 0 Å². The lowest BCUT2D eigenvalue weighted by molar-refractivity contribution is 0.524. The van der Waals surface area contributed by atoms with E-state index in [1.54, 1.807) is 0 Å². The van der Waals surface area contributed by atoms with E-state index in [0.717, 1.165) is 39.3 Å². The molecule has 2 N–H and O–H groups in total. The first-order chi connectivity index (χ1) is 9.20. The van der Waals surface area contributed by atoms with E-state index in [9.17, 15) is 0 Å². The van der Waals surface area contributed by atoms with E-state index in [2.05, 4.69) is 16.5 Å². The topological polar surface area (TPSA) is 64.9 Å². The molecule has 0 aliphatic rings. The van der Waals surface area contributed by atoms with E-state index in [4.69, 9.17) is 10.2 Å². The lowest BCUT2D eigenvalue weighted by Crippen LogP contribution is -2.11. The third-order valence-electron chi connectivity index (χ3n) is 3.27. The summed E-state index contributed by atoms with van der Waals surface area (Å²) in [6.07, 6.45) is 0.832. The Kier molecular flexibility index (Phi) is 3.08. The van der Waals surface area contributed by atoms with E-state index in [0.29, 0.717) is 0 Å². The number of hydrogen-bond donors (Lipinski definition) is 1. The molecule has 0 saturated carbocycles. The fourth-order valence-electron chi connectivity index (χ4n) is 2.21. The summed E-state index contributed by atoms with van der Waals surface area (Å²) in [6.45, 7) is 4.09. The summed E-state index contributed by atoms with van der Waals surface area (Å²) in [5, 5.41) is 5.18. The Morgan fingerprint density at radius 1 is 1.42 bits per heavy atom. The van der Waals surface area contributed by atoms with Gasteiger partial charge in [-0.25, -0.2) is 0 Å². The Hall–Kier alpha value is -1.72. The largest absolute Gasteiger partial charge is 0.459 e. The molecule has 98 valence electrons. The minimum absolute atomic E-state index is 0.290. The fraction of sp³-hybridized carbons (Fsp3) is 0.286. The third kappa shape index (κ3) is 2.05. The monoisotopic (exact) mass is 273 g/mol. The third-order valence-corrected chi connectivity index (χ3v) is 4.12. The molecule has 0 amide bonds. The van der Waals surface area contributed by atoms with Crippen LogP contribution < -0.4 is 5.73 Å². The highest BCUT2D eigenvalue weighted by atomic mass is 32.1. The smallest absolute Gasteiger partial charge is 0.137 e. The summed E-state index contributed by atoms with van der Waals surface area (Å²) < 4.78 is 9.89. The van der Waals surface area contributed by atoms with Gasteiger partial charge in [-0.05, 0) is 36.5 Å². The lowest BCUT2D eigenvalue weighted by Gasteiger charge is -2.06. The van der Waals surface area contributed by atoms with Gasteiger partial charge in [-0.1, -0.05) is 29.6 Å². The molecule has 0 fully saturated rings. The molecular weight excluding hydrogens is 258 g/mol. The number of hydrogen-bond acceptors (Lipinski definition) is 5. The number of fused-ring (bicyclic) bond motifs is 1. The van der Waals surface area contributed by atoms with Gasteiger partial charge < -0.3 is 10.2 Å².